The van der Waals surface area contributed by atoms with Crippen LogP contribution in [0.1, 0.15) is 31.5 Å². The molecule has 1 aliphatic rings. The van der Waals surface area contributed by atoms with Crippen LogP contribution in [0.5, 0.6) is 0 Å². The topological polar surface area (TPSA) is 64.9 Å². The van der Waals surface area contributed by atoms with Gasteiger partial charge in [0, 0.05) is 20.7 Å². The lowest BCUT2D eigenvalue weighted by atomic mass is 9.83. The fourth-order valence-corrected chi connectivity index (χ4v) is 2.52. The Morgan fingerprint density at radius 1 is 1.40 bits per heavy atom. The maximum atomic E-state index is 5.71. The third kappa shape index (κ3) is 2.60. The van der Waals surface area contributed by atoms with Crippen molar-refractivity contribution in [3.8, 4) is 0 Å². The van der Waals surface area contributed by atoms with E-state index in [4.69, 9.17) is 4.74 Å². The van der Waals surface area contributed by atoms with E-state index in [-0.39, 0.29) is 0 Å². The second-order valence-corrected chi connectivity index (χ2v) is 5.38. The van der Waals surface area contributed by atoms with E-state index in [2.05, 4.69) is 20.4 Å². The minimum absolute atomic E-state index is 0.461. The van der Waals surface area contributed by atoms with Gasteiger partial charge in [-0.1, -0.05) is 19.3 Å². The van der Waals surface area contributed by atoms with Crippen LogP contribution in [0.15, 0.2) is 6.20 Å². The summed E-state index contributed by atoms with van der Waals surface area (Å²) in [5.74, 6) is 2.39. The Balaban J connectivity index is 1.65. The third-order valence-corrected chi connectivity index (χ3v) is 4.00. The van der Waals surface area contributed by atoms with Gasteiger partial charge in [-0.15, -0.1) is 0 Å². The average Bonchev–Trinajstić information content (AvgIpc) is 2.77. The summed E-state index contributed by atoms with van der Waals surface area (Å²) < 4.78 is 7.47. The highest BCUT2D eigenvalue weighted by Crippen LogP contribution is 2.29. The Kier molecular flexibility index (Phi) is 3.82. The minimum atomic E-state index is 0.461. The number of nitrogens with zero attached hydrogens (tertiary/aromatic N) is 4. The second-order valence-electron chi connectivity index (χ2n) is 5.38. The molecule has 0 radical (unpaired) electrons. The Morgan fingerprint density at radius 3 is 2.95 bits per heavy atom. The summed E-state index contributed by atoms with van der Waals surface area (Å²) >= 11 is 0. The zero-order valence-electron chi connectivity index (χ0n) is 12.1. The molecular formula is C14H21N5O. The van der Waals surface area contributed by atoms with Gasteiger partial charge < -0.3 is 10.1 Å². The Bertz CT molecular complexity index is 591. The molecule has 0 aromatic carbocycles. The first-order valence-electron chi connectivity index (χ1n) is 7.22. The van der Waals surface area contributed by atoms with E-state index in [1.165, 1.54) is 19.3 Å². The van der Waals surface area contributed by atoms with Crippen molar-refractivity contribution in [2.75, 3.05) is 19.0 Å². The summed E-state index contributed by atoms with van der Waals surface area (Å²) in [6, 6.07) is 0. The summed E-state index contributed by atoms with van der Waals surface area (Å²) in [5, 5.41) is 8.25. The third-order valence-electron chi connectivity index (χ3n) is 4.00. The lowest BCUT2D eigenvalue weighted by Crippen LogP contribution is -2.14. The first-order valence-corrected chi connectivity index (χ1v) is 7.22. The highest BCUT2D eigenvalue weighted by Gasteiger charge is 2.17. The Hall–Kier alpha value is -1.69. The second kappa shape index (κ2) is 5.75. The zero-order valence-corrected chi connectivity index (χ0v) is 12.1. The molecule has 1 fully saturated rings. The number of rotatable bonds is 6. The van der Waals surface area contributed by atoms with Gasteiger partial charge in [0.15, 0.2) is 11.5 Å². The molecule has 2 aromatic rings. The Morgan fingerprint density at radius 2 is 2.25 bits per heavy atom. The van der Waals surface area contributed by atoms with Crippen molar-refractivity contribution < 1.29 is 4.74 Å². The van der Waals surface area contributed by atoms with E-state index in [0.717, 1.165) is 35.8 Å². The SMILES string of the molecule is CNc1nc(COCCC2CCC2)nc2c1cnn2C. The van der Waals surface area contributed by atoms with Crippen molar-refractivity contribution >= 4 is 16.9 Å². The number of hydrogen-bond acceptors (Lipinski definition) is 5. The largest absolute Gasteiger partial charge is 0.373 e. The number of aryl methyl sites for hydroxylation is 1. The van der Waals surface area contributed by atoms with Gasteiger partial charge in [0.25, 0.3) is 0 Å². The van der Waals surface area contributed by atoms with Crippen LogP contribution in [0.25, 0.3) is 11.0 Å². The zero-order chi connectivity index (χ0) is 13.9. The lowest BCUT2D eigenvalue weighted by Gasteiger charge is -2.24. The molecule has 0 aliphatic heterocycles. The molecule has 6 heteroatoms. The summed E-state index contributed by atoms with van der Waals surface area (Å²) in [6.07, 6.45) is 7.06. The molecule has 1 N–H and O–H groups in total. The quantitative estimate of drug-likeness (QED) is 0.818. The smallest absolute Gasteiger partial charge is 0.163 e. The van der Waals surface area contributed by atoms with E-state index in [1.54, 1.807) is 10.9 Å². The number of hydrogen-bond donors (Lipinski definition) is 1. The lowest BCUT2D eigenvalue weighted by molar-refractivity contribution is 0.0909. The molecule has 0 amide bonds. The molecule has 20 heavy (non-hydrogen) atoms. The molecule has 0 atom stereocenters. The number of fused-ring (bicyclic) bond motifs is 1. The molecule has 2 aromatic heterocycles. The molecule has 1 aliphatic carbocycles. The maximum absolute atomic E-state index is 5.71. The van der Waals surface area contributed by atoms with Crippen LogP contribution < -0.4 is 5.32 Å². The fourth-order valence-electron chi connectivity index (χ4n) is 2.52. The van der Waals surface area contributed by atoms with Gasteiger partial charge in [-0.2, -0.15) is 5.10 Å². The number of nitrogens with one attached hydrogen (secondary N) is 1. The average molecular weight is 275 g/mol. The molecule has 2 heterocycles. The van der Waals surface area contributed by atoms with Crippen molar-refractivity contribution in [1.29, 1.82) is 0 Å². The molecule has 108 valence electrons. The molecule has 1 saturated carbocycles. The fraction of sp³-hybridized carbons (Fsp3) is 0.643. The predicted octanol–water partition coefficient (Wildman–Crippen LogP) is 2.11. The molecule has 0 unspecified atom stereocenters. The van der Waals surface area contributed by atoms with E-state index in [0.29, 0.717) is 12.4 Å². The van der Waals surface area contributed by atoms with Gasteiger partial charge in [0.2, 0.25) is 0 Å². The monoisotopic (exact) mass is 275 g/mol. The van der Waals surface area contributed by atoms with Crippen LogP contribution in [0.3, 0.4) is 0 Å². The van der Waals surface area contributed by atoms with E-state index >= 15 is 0 Å². The summed E-state index contributed by atoms with van der Waals surface area (Å²) in [5.41, 5.74) is 0.835. The van der Waals surface area contributed by atoms with Crippen molar-refractivity contribution in [3.05, 3.63) is 12.0 Å². The van der Waals surface area contributed by atoms with Crippen LogP contribution in [-0.4, -0.2) is 33.4 Å². The van der Waals surface area contributed by atoms with Gasteiger partial charge in [-0.25, -0.2) is 9.97 Å². The van der Waals surface area contributed by atoms with E-state index in [9.17, 15) is 0 Å². The van der Waals surface area contributed by atoms with Crippen molar-refractivity contribution in [2.24, 2.45) is 13.0 Å². The van der Waals surface area contributed by atoms with Crippen LogP contribution >= 0.6 is 0 Å². The van der Waals surface area contributed by atoms with Gasteiger partial charge in [0.05, 0.1) is 11.6 Å². The first-order chi connectivity index (χ1) is 9.78. The van der Waals surface area contributed by atoms with Crippen LogP contribution in [0.4, 0.5) is 5.82 Å². The predicted molar refractivity (Wildman–Crippen MR) is 77.5 cm³/mol. The minimum Gasteiger partial charge on any atom is -0.373 e. The molecule has 0 saturated heterocycles. The van der Waals surface area contributed by atoms with E-state index in [1.807, 2.05) is 14.1 Å². The number of aromatic nitrogens is 4. The Labute approximate surface area is 118 Å². The normalized spacial score (nSPS) is 15.5. The molecule has 0 spiro atoms. The van der Waals surface area contributed by atoms with Gasteiger partial charge >= 0.3 is 0 Å². The molecule has 3 rings (SSSR count). The van der Waals surface area contributed by atoms with Crippen molar-refractivity contribution in [2.45, 2.75) is 32.3 Å². The number of anilines is 1. The van der Waals surface area contributed by atoms with Crippen LogP contribution in [0, 0.1) is 5.92 Å². The van der Waals surface area contributed by atoms with Crippen molar-refractivity contribution in [1.82, 2.24) is 19.7 Å². The standard InChI is InChI=1S/C14H21N5O/c1-15-13-11-8-16-19(2)14(11)18-12(17-13)9-20-7-6-10-4-3-5-10/h8,10H,3-7,9H2,1-2H3,(H,15,17,18). The molecule has 6 nitrogen and oxygen atoms in total. The van der Waals surface area contributed by atoms with Gasteiger partial charge in [-0.3, -0.25) is 4.68 Å². The van der Waals surface area contributed by atoms with E-state index < -0.39 is 0 Å². The van der Waals surface area contributed by atoms with Gasteiger partial charge in [-0.05, 0) is 12.3 Å². The van der Waals surface area contributed by atoms with Crippen LogP contribution in [0.2, 0.25) is 0 Å². The highest BCUT2D eigenvalue weighted by atomic mass is 16.5. The highest BCUT2D eigenvalue weighted by molar-refractivity contribution is 5.86. The van der Waals surface area contributed by atoms with Gasteiger partial charge in [0.1, 0.15) is 12.4 Å². The first kappa shape index (κ1) is 13.3. The van der Waals surface area contributed by atoms with Crippen molar-refractivity contribution in [3.63, 3.8) is 0 Å². The maximum Gasteiger partial charge on any atom is 0.163 e. The molecular weight excluding hydrogens is 254 g/mol. The molecule has 0 bridgehead atoms. The summed E-state index contributed by atoms with van der Waals surface area (Å²) in [6.45, 7) is 1.26. The van der Waals surface area contributed by atoms with Crippen LogP contribution in [-0.2, 0) is 18.4 Å². The number of ether oxygens (including phenoxy) is 1. The summed E-state index contributed by atoms with van der Waals surface area (Å²) in [4.78, 5) is 9.00. The summed E-state index contributed by atoms with van der Waals surface area (Å²) in [7, 11) is 3.74.